The normalized spacial score (nSPS) is 11.4. The van der Waals surface area contributed by atoms with Gasteiger partial charge < -0.3 is 10.6 Å². The van der Waals surface area contributed by atoms with Crippen molar-refractivity contribution < 1.29 is 4.79 Å². The molecule has 2 N–H and O–H groups in total. The molecule has 0 aliphatic heterocycles. The van der Waals surface area contributed by atoms with Gasteiger partial charge in [-0.25, -0.2) is 0 Å². The van der Waals surface area contributed by atoms with Crippen LogP contribution in [0, 0.1) is 6.92 Å². The number of rotatable bonds is 5. The average Bonchev–Trinajstić information content (AvgIpc) is 2.69. The minimum Gasteiger partial charge on any atom is -0.354 e. The minimum atomic E-state index is -0.164. The predicted molar refractivity (Wildman–Crippen MR) is 124 cm³/mol. The number of nitrogens with one attached hydrogen (secondary N) is 2. The molecule has 3 aromatic rings. The number of anilines is 3. The van der Waals surface area contributed by atoms with Crippen molar-refractivity contribution in [2.75, 3.05) is 10.6 Å². The van der Waals surface area contributed by atoms with Gasteiger partial charge in [-0.05, 0) is 53.8 Å². The summed E-state index contributed by atoms with van der Waals surface area (Å²) in [5.41, 5.74) is 6.17. The smallest absolute Gasteiger partial charge is 0.248 e. The summed E-state index contributed by atoms with van der Waals surface area (Å²) in [5, 5.41) is 6.32. The van der Waals surface area contributed by atoms with Crippen molar-refractivity contribution >= 4 is 29.0 Å². The second-order valence-corrected chi connectivity index (χ2v) is 8.23. The first-order chi connectivity index (χ1) is 13.8. The van der Waals surface area contributed by atoms with Crippen molar-refractivity contribution in [1.29, 1.82) is 0 Å². The fraction of sp³-hybridized carbons (Fsp3) is 0.192. The van der Waals surface area contributed by atoms with E-state index in [4.69, 9.17) is 0 Å². The van der Waals surface area contributed by atoms with E-state index in [1.54, 1.807) is 6.08 Å². The highest BCUT2D eigenvalue weighted by Crippen LogP contribution is 2.26. The summed E-state index contributed by atoms with van der Waals surface area (Å²) in [6, 6.07) is 24.1. The molecule has 3 nitrogen and oxygen atoms in total. The first-order valence-corrected chi connectivity index (χ1v) is 9.83. The lowest BCUT2D eigenvalue weighted by molar-refractivity contribution is -0.111. The number of carbonyl (C=O) groups excluding carboxylic acids is 1. The zero-order valence-corrected chi connectivity index (χ0v) is 17.5. The Kier molecular flexibility index (Phi) is 6.18. The fourth-order valence-electron chi connectivity index (χ4n) is 2.93. The summed E-state index contributed by atoms with van der Waals surface area (Å²) in [6.07, 6.45) is 3.40. The molecule has 0 heterocycles. The molecule has 0 spiro atoms. The lowest BCUT2D eigenvalue weighted by Gasteiger charge is -2.18. The Bertz CT molecular complexity index is 994. The summed E-state index contributed by atoms with van der Waals surface area (Å²) in [7, 11) is 0. The number of para-hydroxylation sites is 2. The van der Waals surface area contributed by atoms with Crippen molar-refractivity contribution in [3.8, 4) is 0 Å². The second-order valence-electron chi connectivity index (χ2n) is 8.23. The summed E-state index contributed by atoms with van der Waals surface area (Å²) < 4.78 is 0. The standard InChI is InChI=1S/C26H28N2O/c1-19-9-16-22(17-10-19)27-23-7-5-6-8-24(23)28-25(29)18-13-20-11-14-21(15-12-20)26(2,3)4/h5-18,27H,1-4H3,(H,28,29)/b18-13+. The van der Waals surface area contributed by atoms with Crippen molar-refractivity contribution in [3.05, 3.63) is 95.6 Å². The Morgan fingerprint density at radius 1 is 0.828 bits per heavy atom. The first kappa shape index (κ1) is 20.4. The highest BCUT2D eigenvalue weighted by molar-refractivity contribution is 6.04. The maximum atomic E-state index is 12.4. The van der Waals surface area contributed by atoms with Gasteiger partial charge in [0.15, 0.2) is 0 Å². The van der Waals surface area contributed by atoms with Crippen LogP contribution in [0.3, 0.4) is 0 Å². The number of hydrogen-bond donors (Lipinski definition) is 2. The van der Waals surface area contributed by atoms with Crippen LogP contribution < -0.4 is 10.6 Å². The molecule has 1 amide bonds. The van der Waals surface area contributed by atoms with Gasteiger partial charge in [0.1, 0.15) is 0 Å². The Morgan fingerprint density at radius 2 is 1.45 bits per heavy atom. The largest absolute Gasteiger partial charge is 0.354 e. The third-order valence-corrected chi connectivity index (χ3v) is 4.72. The number of carbonyl (C=O) groups is 1. The van der Waals surface area contributed by atoms with Crippen LogP contribution in [0.15, 0.2) is 78.9 Å². The first-order valence-electron chi connectivity index (χ1n) is 9.83. The highest BCUT2D eigenvalue weighted by Gasteiger charge is 2.12. The van der Waals surface area contributed by atoms with Crippen molar-refractivity contribution in [2.24, 2.45) is 0 Å². The van der Waals surface area contributed by atoms with Crippen LogP contribution >= 0.6 is 0 Å². The zero-order valence-electron chi connectivity index (χ0n) is 17.5. The molecule has 0 aliphatic carbocycles. The van der Waals surface area contributed by atoms with Gasteiger partial charge in [-0.15, -0.1) is 0 Å². The van der Waals surface area contributed by atoms with E-state index in [-0.39, 0.29) is 11.3 Å². The molecule has 3 aromatic carbocycles. The Hall–Kier alpha value is -3.33. The van der Waals surface area contributed by atoms with Gasteiger partial charge in [0, 0.05) is 11.8 Å². The van der Waals surface area contributed by atoms with Crippen molar-refractivity contribution in [1.82, 2.24) is 0 Å². The Morgan fingerprint density at radius 3 is 2.07 bits per heavy atom. The van der Waals surface area contributed by atoms with Gasteiger partial charge in [0.05, 0.1) is 11.4 Å². The topological polar surface area (TPSA) is 41.1 Å². The quantitative estimate of drug-likeness (QED) is 0.481. The number of hydrogen-bond acceptors (Lipinski definition) is 2. The van der Waals surface area contributed by atoms with Gasteiger partial charge in [-0.2, -0.15) is 0 Å². The third-order valence-electron chi connectivity index (χ3n) is 4.72. The van der Waals surface area contributed by atoms with Crippen LogP contribution in [-0.2, 0) is 10.2 Å². The molecule has 29 heavy (non-hydrogen) atoms. The Balaban J connectivity index is 1.67. The minimum absolute atomic E-state index is 0.119. The van der Waals surface area contributed by atoms with Crippen LogP contribution in [-0.4, -0.2) is 5.91 Å². The van der Waals surface area contributed by atoms with E-state index in [9.17, 15) is 4.79 Å². The molecule has 148 valence electrons. The van der Waals surface area contributed by atoms with Crippen LogP contribution in [0.1, 0.15) is 37.5 Å². The van der Waals surface area contributed by atoms with Crippen molar-refractivity contribution in [3.63, 3.8) is 0 Å². The summed E-state index contributed by atoms with van der Waals surface area (Å²) in [4.78, 5) is 12.4. The van der Waals surface area contributed by atoms with Gasteiger partial charge >= 0.3 is 0 Å². The highest BCUT2D eigenvalue weighted by atomic mass is 16.1. The molecule has 0 fully saturated rings. The van der Waals surface area contributed by atoms with E-state index in [2.05, 4.69) is 62.6 Å². The molecular formula is C26H28N2O. The van der Waals surface area contributed by atoms with E-state index < -0.39 is 0 Å². The van der Waals surface area contributed by atoms with Crippen LogP contribution in [0.4, 0.5) is 17.1 Å². The summed E-state index contributed by atoms with van der Waals surface area (Å²) in [6.45, 7) is 8.62. The van der Waals surface area contributed by atoms with Gasteiger partial charge in [0.2, 0.25) is 5.91 Å². The summed E-state index contributed by atoms with van der Waals surface area (Å²) >= 11 is 0. The SMILES string of the molecule is Cc1ccc(Nc2ccccc2NC(=O)/C=C/c2ccc(C(C)(C)C)cc2)cc1. The van der Waals surface area contributed by atoms with E-state index in [1.165, 1.54) is 11.1 Å². The van der Waals surface area contributed by atoms with Gasteiger partial charge in [-0.1, -0.05) is 74.9 Å². The lowest BCUT2D eigenvalue weighted by Crippen LogP contribution is -2.10. The average molecular weight is 385 g/mol. The molecule has 3 rings (SSSR count). The monoisotopic (exact) mass is 384 g/mol. The van der Waals surface area contributed by atoms with Gasteiger partial charge in [-0.3, -0.25) is 4.79 Å². The number of benzene rings is 3. The van der Waals surface area contributed by atoms with E-state index in [0.717, 1.165) is 22.6 Å². The van der Waals surface area contributed by atoms with Crippen LogP contribution in [0.25, 0.3) is 6.08 Å². The molecule has 0 radical (unpaired) electrons. The molecule has 0 aromatic heterocycles. The van der Waals surface area contributed by atoms with Crippen LogP contribution in [0.2, 0.25) is 0 Å². The molecule has 0 atom stereocenters. The van der Waals surface area contributed by atoms with E-state index >= 15 is 0 Å². The Labute approximate surface area is 173 Å². The van der Waals surface area contributed by atoms with Gasteiger partial charge in [0.25, 0.3) is 0 Å². The second kappa shape index (κ2) is 8.78. The number of amides is 1. The maximum absolute atomic E-state index is 12.4. The fourth-order valence-corrected chi connectivity index (χ4v) is 2.93. The van der Waals surface area contributed by atoms with Crippen molar-refractivity contribution in [2.45, 2.75) is 33.1 Å². The molecule has 0 bridgehead atoms. The molecular weight excluding hydrogens is 356 g/mol. The lowest BCUT2D eigenvalue weighted by atomic mass is 9.87. The molecule has 0 saturated carbocycles. The summed E-state index contributed by atoms with van der Waals surface area (Å²) in [5.74, 6) is -0.164. The van der Waals surface area contributed by atoms with Crippen LogP contribution in [0.5, 0.6) is 0 Å². The third kappa shape index (κ3) is 5.82. The molecule has 0 aliphatic rings. The molecule has 3 heteroatoms. The molecule has 0 saturated heterocycles. The van der Waals surface area contributed by atoms with E-state index in [0.29, 0.717) is 0 Å². The number of aryl methyl sites for hydroxylation is 1. The van der Waals surface area contributed by atoms with E-state index in [1.807, 2.05) is 54.6 Å². The zero-order chi connectivity index (χ0) is 20.9. The molecule has 0 unspecified atom stereocenters. The predicted octanol–water partition coefficient (Wildman–Crippen LogP) is 6.69. The maximum Gasteiger partial charge on any atom is 0.248 e.